The Kier molecular flexibility index (Phi) is 5.99. The molecule has 1 aromatic rings. The smallest absolute Gasteiger partial charge is 0.123 e. The van der Waals surface area contributed by atoms with Crippen LogP contribution >= 0.6 is 0 Å². The number of rotatable bonds is 5. The van der Waals surface area contributed by atoms with Crippen LogP contribution in [0.5, 0.6) is 0 Å². The summed E-state index contributed by atoms with van der Waals surface area (Å²) < 4.78 is 12.9. The molecule has 1 atom stereocenters. The minimum absolute atomic E-state index is 0.00354. The van der Waals surface area contributed by atoms with Crippen LogP contribution in [-0.4, -0.2) is 24.5 Å². The fourth-order valence-corrected chi connectivity index (χ4v) is 3.10. The lowest BCUT2D eigenvalue weighted by Crippen LogP contribution is -2.33. The molecule has 0 bridgehead atoms. The fourth-order valence-electron chi connectivity index (χ4n) is 3.10. The number of nitrogens with two attached hydrogens (primary N) is 1. The molecular weight excluding hydrogens is 251 g/mol. The summed E-state index contributed by atoms with van der Waals surface area (Å²) in [6.45, 7) is 1.02. The molecule has 0 saturated heterocycles. The summed E-state index contributed by atoms with van der Waals surface area (Å²) in [5.41, 5.74) is 7.23. The molecule has 1 aliphatic rings. The van der Waals surface area contributed by atoms with Crippen LogP contribution < -0.4 is 5.73 Å². The summed E-state index contributed by atoms with van der Waals surface area (Å²) in [5, 5.41) is 0. The summed E-state index contributed by atoms with van der Waals surface area (Å²) in [6.07, 6.45) is 9.07. The van der Waals surface area contributed by atoms with Gasteiger partial charge in [0.15, 0.2) is 0 Å². The number of nitrogens with zero attached hydrogens (tertiary/aromatic N) is 1. The van der Waals surface area contributed by atoms with Gasteiger partial charge in [0, 0.05) is 12.1 Å². The highest BCUT2D eigenvalue weighted by Crippen LogP contribution is 2.22. The van der Waals surface area contributed by atoms with Crippen LogP contribution in [0.25, 0.3) is 0 Å². The minimum Gasteiger partial charge on any atom is -0.324 e. The van der Waals surface area contributed by atoms with Crippen molar-refractivity contribution in [2.45, 2.75) is 57.0 Å². The monoisotopic (exact) mass is 278 g/mol. The van der Waals surface area contributed by atoms with Gasteiger partial charge in [-0.05, 0) is 50.6 Å². The second kappa shape index (κ2) is 7.75. The highest BCUT2D eigenvalue weighted by Gasteiger charge is 2.17. The van der Waals surface area contributed by atoms with Crippen molar-refractivity contribution in [3.8, 4) is 0 Å². The average Bonchev–Trinajstić information content (AvgIpc) is 2.74. The first-order chi connectivity index (χ1) is 9.66. The molecule has 0 heterocycles. The van der Waals surface area contributed by atoms with Crippen LogP contribution in [0.15, 0.2) is 24.3 Å². The number of hydrogen-bond donors (Lipinski definition) is 1. The van der Waals surface area contributed by atoms with E-state index in [4.69, 9.17) is 5.73 Å². The van der Waals surface area contributed by atoms with Crippen LogP contribution in [-0.2, 0) is 0 Å². The fraction of sp³-hybridized carbons (Fsp3) is 0.647. The van der Waals surface area contributed by atoms with Crippen molar-refractivity contribution in [1.29, 1.82) is 0 Å². The molecule has 1 aromatic carbocycles. The van der Waals surface area contributed by atoms with Crippen molar-refractivity contribution in [2.75, 3.05) is 13.6 Å². The zero-order valence-corrected chi connectivity index (χ0v) is 12.5. The molecule has 2 N–H and O–H groups in total. The van der Waals surface area contributed by atoms with Crippen molar-refractivity contribution in [1.82, 2.24) is 4.90 Å². The number of hydrogen-bond acceptors (Lipinski definition) is 2. The second-order valence-corrected chi connectivity index (χ2v) is 6.07. The molecule has 1 aliphatic carbocycles. The Morgan fingerprint density at radius 2 is 1.75 bits per heavy atom. The summed E-state index contributed by atoms with van der Waals surface area (Å²) >= 11 is 0. The zero-order chi connectivity index (χ0) is 14.4. The van der Waals surface area contributed by atoms with Crippen molar-refractivity contribution in [2.24, 2.45) is 5.73 Å². The Morgan fingerprint density at radius 1 is 1.15 bits per heavy atom. The summed E-state index contributed by atoms with van der Waals surface area (Å²) in [4.78, 5) is 2.47. The van der Waals surface area contributed by atoms with Gasteiger partial charge < -0.3 is 10.6 Å². The van der Waals surface area contributed by atoms with E-state index < -0.39 is 0 Å². The van der Waals surface area contributed by atoms with Gasteiger partial charge in [-0.3, -0.25) is 0 Å². The van der Waals surface area contributed by atoms with E-state index in [-0.39, 0.29) is 11.9 Å². The largest absolute Gasteiger partial charge is 0.324 e. The molecule has 0 aromatic heterocycles. The maximum absolute atomic E-state index is 12.9. The van der Waals surface area contributed by atoms with Crippen molar-refractivity contribution in [3.63, 3.8) is 0 Å². The molecule has 0 amide bonds. The molecular formula is C17H27FN2. The van der Waals surface area contributed by atoms with E-state index in [9.17, 15) is 4.39 Å². The Labute approximate surface area is 122 Å². The van der Waals surface area contributed by atoms with Gasteiger partial charge >= 0.3 is 0 Å². The van der Waals surface area contributed by atoms with Gasteiger partial charge in [0.1, 0.15) is 5.82 Å². The van der Waals surface area contributed by atoms with E-state index in [1.807, 2.05) is 0 Å². The van der Waals surface area contributed by atoms with E-state index in [0.29, 0.717) is 0 Å². The SMILES string of the molecule is CN(CCC(N)c1ccc(F)cc1)C1CCCCCC1. The van der Waals surface area contributed by atoms with E-state index >= 15 is 0 Å². The number of benzene rings is 1. The van der Waals surface area contributed by atoms with Crippen LogP contribution in [0.3, 0.4) is 0 Å². The van der Waals surface area contributed by atoms with E-state index in [1.54, 1.807) is 12.1 Å². The zero-order valence-electron chi connectivity index (χ0n) is 12.5. The molecule has 0 aliphatic heterocycles. The van der Waals surface area contributed by atoms with E-state index in [0.717, 1.165) is 24.6 Å². The molecule has 2 nitrogen and oxygen atoms in total. The van der Waals surface area contributed by atoms with E-state index in [2.05, 4.69) is 11.9 Å². The van der Waals surface area contributed by atoms with Gasteiger partial charge in [-0.25, -0.2) is 4.39 Å². The standard InChI is InChI=1S/C17H27FN2/c1-20(16-6-4-2-3-5-7-16)13-12-17(19)14-8-10-15(18)11-9-14/h8-11,16-17H,2-7,12-13,19H2,1H3. The molecule has 2 rings (SSSR count). The van der Waals surface area contributed by atoms with Gasteiger partial charge in [0.25, 0.3) is 0 Å². The van der Waals surface area contributed by atoms with Gasteiger partial charge in [0.2, 0.25) is 0 Å². The maximum atomic E-state index is 12.9. The van der Waals surface area contributed by atoms with Gasteiger partial charge in [-0.15, -0.1) is 0 Å². The third-order valence-corrected chi connectivity index (χ3v) is 4.54. The lowest BCUT2D eigenvalue weighted by molar-refractivity contribution is 0.214. The lowest BCUT2D eigenvalue weighted by atomic mass is 10.0. The van der Waals surface area contributed by atoms with Crippen LogP contribution in [0.1, 0.15) is 56.6 Å². The van der Waals surface area contributed by atoms with Crippen LogP contribution in [0.4, 0.5) is 4.39 Å². The molecule has 112 valence electrons. The van der Waals surface area contributed by atoms with Gasteiger partial charge in [-0.1, -0.05) is 37.8 Å². The predicted octanol–water partition coefficient (Wildman–Crippen LogP) is 3.87. The van der Waals surface area contributed by atoms with Crippen molar-refractivity contribution in [3.05, 3.63) is 35.6 Å². The van der Waals surface area contributed by atoms with Crippen molar-refractivity contribution >= 4 is 0 Å². The Hall–Kier alpha value is -0.930. The molecule has 3 heteroatoms. The quantitative estimate of drug-likeness (QED) is 0.828. The van der Waals surface area contributed by atoms with Gasteiger partial charge in [0.05, 0.1) is 0 Å². The number of halogens is 1. The Morgan fingerprint density at radius 3 is 2.35 bits per heavy atom. The predicted molar refractivity (Wildman–Crippen MR) is 82.1 cm³/mol. The Bertz CT molecular complexity index is 382. The topological polar surface area (TPSA) is 29.3 Å². The molecule has 0 spiro atoms. The molecule has 1 fully saturated rings. The third-order valence-electron chi connectivity index (χ3n) is 4.54. The summed E-state index contributed by atoms with van der Waals surface area (Å²) in [7, 11) is 2.22. The molecule has 20 heavy (non-hydrogen) atoms. The lowest BCUT2D eigenvalue weighted by Gasteiger charge is -2.28. The maximum Gasteiger partial charge on any atom is 0.123 e. The minimum atomic E-state index is -0.198. The van der Waals surface area contributed by atoms with E-state index in [1.165, 1.54) is 50.7 Å². The van der Waals surface area contributed by atoms with Crippen LogP contribution in [0.2, 0.25) is 0 Å². The molecule has 1 unspecified atom stereocenters. The van der Waals surface area contributed by atoms with Gasteiger partial charge in [-0.2, -0.15) is 0 Å². The average molecular weight is 278 g/mol. The normalized spacial score (nSPS) is 19.0. The van der Waals surface area contributed by atoms with Crippen molar-refractivity contribution < 1.29 is 4.39 Å². The third kappa shape index (κ3) is 4.57. The first-order valence-corrected chi connectivity index (χ1v) is 7.88. The second-order valence-electron chi connectivity index (χ2n) is 6.07. The summed E-state index contributed by atoms with van der Waals surface area (Å²) in [6, 6.07) is 7.30. The first kappa shape index (κ1) is 15.5. The highest BCUT2D eigenvalue weighted by atomic mass is 19.1. The highest BCUT2D eigenvalue weighted by molar-refractivity contribution is 5.19. The molecule has 0 radical (unpaired) electrons. The Balaban J connectivity index is 1.79. The van der Waals surface area contributed by atoms with Crippen LogP contribution in [0, 0.1) is 5.82 Å². The molecule has 1 saturated carbocycles. The summed E-state index contributed by atoms with van der Waals surface area (Å²) in [5.74, 6) is -0.198. The first-order valence-electron chi connectivity index (χ1n) is 7.88.